The standard InChI is InChI=1S/C24H33N7O.HI/c1-19-28-29-23(31(19)3)18-27-24(26-17-20-10-8-13-22(16-20)32-4)25-14-9-15-30(2)21-11-6-5-7-12-21;/h5-8,10-13,16H,9,14-15,17-18H2,1-4H3,(H2,25,26,27);1H. The topological polar surface area (TPSA) is 79.6 Å². The van der Waals surface area contributed by atoms with E-state index in [1.165, 1.54) is 5.69 Å². The van der Waals surface area contributed by atoms with Crippen LogP contribution in [-0.4, -0.2) is 48.0 Å². The molecule has 0 amide bonds. The first-order valence-corrected chi connectivity index (χ1v) is 10.8. The van der Waals surface area contributed by atoms with Crippen molar-refractivity contribution in [3.63, 3.8) is 0 Å². The molecule has 0 aliphatic rings. The summed E-state index contributed by atoms with van der Waals surface area (Å²) in [6, 6.07) is 18.4. The van der Waals surface area contributed by atoms with Crippen LogP contribution in [0.3, 0.4) is 0 Å². The Morgan fingerprint density at radius 1 is 1.09 bits per heavy atom. The molecule has 8 nitrogen and oxygen atoms in total. The SMILES string of the molecule is COc1cccc(CN=C(NCCCN(C)c2ccccc2)NCc2nnc(C)n2C)c1.I. The summed E-state index contributed by atoms with van der Waals surface area (Å²) in [6.45, 7) is 4.79. The molecule has 9 heteroatoms. The van der Waals surface area contributed by atoms with E-state index in [9.17, 15) is 0 Å². The van der Waals surface area contributed by atoms with Crippen LogP contribution < -0.4 is 20.3 Å². The fraction of sp³-hybridized carbons (Fsp3) is 0.375. The highest BCUT2D eigenvalue weighted by Gasteiger charge is 2.07. The van der Waals surface area contributed by atoms with Gasteiger partial charge < -0.3 is 24.8 Å². The van der Waals surface area contributed by atoms with Crippen molar-refractivity contribution < 1.29 is 4.74 Å². The van der Waals surface area contributed by atoms with Gasteiger partial charge in [-0.15, -0.1) is 34.2 Å². The maximum Gasteiger partial charge on any atom is 0.191 e. The number of guanidine groups is 1. The Kier molecular flexibility index (Phi) is 10.9. The number of ether oxygens (including phenoxy) is 1. The molecule has 0 bridgehead atoms. The van der Waals surface area contributed by atoms with E-state index < -0.39 is 0 Å². The zero-order valence-corrected chi connectivity index (χ0v) is 22.1. The van der Waals surface area contributed by atoms with E-state index in [0.717, 1.165) is 48.4 Å². The Morgan fingerprint density at radius 3 is 2.58 bits per heavy atom. The van der Waals surface area contributed by atoms with Crippen LogP contribution in [0.5, 0.6) is 5.75 Å². The maximum absolute atomic E-state index is 5.32. The molecule has 1 heterocycles. The van der Waals surface area contributed by atoms with Crippen molar-refractivity contribution in [2.45, 2.75) is 26.4 Å². The number of para-hydroxylation sites is 1. The smallest absolute Gasteiger partial charge is 0.191 e. The molecule has 0 atom stereocenters. The van der Waals surface area contributed by atoms with Crippen LogP contribution in [0.15, 0.2) is 59.6 Å². The molecule has 3 rings (SSSR count). The number of methoxy groups -OCH3 is 1. The summed E-state index contributed by atoms with van der Waals surface area (Å²) < 4.78 is 7.29. The van der Waals surface area contributed by atoms with Crippen molar-refractivity contribution in [1.29, 1.82) is 0 Å². The highest BCUT2D eigenvalue weighted by atomic mass is 127. The number of aryl methyl sites for hydroxylation is 1. The van der Waals surface area contributed by atoms with E-state index in [4.69, 9.17) is 9.73 Å². The number of nitrogens with zero attached hydrogens (tertiary/aromatic N) is 5. The molecule has 0 aliphatic carbocycles. The lowest BCUT2D eigenvalue weighted by molar-refractivity contribution is 0.414. The van der Waals surface area contributed by atoms with Crippen LogP contribution in [-0.2, 0) is 20.1 Å². The minimum atomic E-state index is 0. The number of anilines is 1. The molecule has 2 N–H and O–H groups in total. The average Bonchev–Trinajstić information content (AvgIpc) is 3.15. The molecule has 3 aromatic rings. The minimum absolute atomic E-state index is 0. The molecule has 2 aromatic carbocycles. The van der Waals surface area contributed by atoms with Crippen LogP contribution in [0, 0.1) is 6.92 Å². The van der Waals surface area contributed by atoms with E-state index in [1.54, 1.807) is 7.11 Å². The summed E-state index contributed by atoms with van der Waals surface area (Å²) in [7, 11) is 5.75. The third kappa shape index (κ3) is 8.23. The van der Waals surface area contributed by atoms with Crippen LogP contribution in [0.1, 0.15) is 23.6 Å². The fourth-order valence-electron chi connectivity index (χ4n) is 3.22. The number of aliphatic imine (C=N–C) groups is 1. The first-order chi connectivity index (χ1) is 15.6. The van der Waals surface area contributed by atoms with Gasteiger partial charge in [-0.2, -0.15) is 0 Å². The molecular weight excluding hydrogens is 529 g/mol. The number of nitrogens with one attached hydrogen (secondary N) is 2. The summed E-state index contributed by atoms with van der Waals surface area (Å²) in [4.78, 5) is 7.02. The maximum atomic E-state index is 5.32. The van der Waals surface area contributed by atoms with Crippen molar-refractivity contribution in [3.8, 4) is 5.75 Å². The van der Waals surface area contributed by atoms with E-state index in [2.05, 4.69) is 57.0 Å². The predicted molar refractivity (Wildman–Crippen MR) is 144 cm³/mol. The number of aromatic nitrogens is 3. The lowest BCUT2D eigenvalue weighted by Crippen LogP contribution is -2.39. The molecule has 0 saturated carbocycles. The van der Waals surface area contributed by atoms with Crippen molar-refractivity contribution in [1.82, 2.24) is 25.4 Å². The molecule has 0 spiro atoms. The zero-order valence-electron chi connectivity index (χ0n) is 19.8. The fourth-order valence-corrected chi connectivity index (χ4v) is 3.22. The Bertz CT molecular complexity index is 1010. The number of hydrogen-bond donors (Lipinski definition) is 2. The highest BCUT2D eigenvalue weighted by molar-refractivity contribution is 14.0. The number of rotatable bonds is 10. The molecular formula is C24H34IN7O. The monoisotopic (exact) mass is 563 g/mol. The van der Waals surface area contributed by atoms with E-state index >= 15 is 0 Å². The van der Waals surface area contributed by atoms with Gasteiger partial charge in [-0.25, -0.2) is 4.99 Å². The summed E-state index contributed by atoms with van der Waals surface area (Å²) in [5.41, 5.74) is 2.30. The molecule has 0 saturated heterocycles. The summed E-state index contributed by atoms with van der Waals surface area (Å²) in [6.07, 6.45) is 0.980. The predicted octanol–water partition coefficient (Wildman–Crippen LogP) is 3.51. The van der Waals surface area contributed by atoms with Crippen LogP contribution >= 0.6 is 24.0 Å². The van der Waals surface area contributed by atoms with Crippen molar-refractivity contribution in [2.24, 2.45) is 12.0 Å². The normalized spacial score (nSPS) is 11.0. The number of benzene rings is 2. The zero-order chi connectivity index (χ0) is 22.8. The van der Waals surface area contributed by atoms with Gasteiger partial charge in [0.15, 0.2) is 11.8 Å². The third-order valence-corrected chi connectivity index (χ3v) is 5.31. The first-order valence-electron chi connectivity index (χ1n) is 10.8. The van der Waals surface area contributed by atoms with Crippen LogP contribution in [0.25, 0.3) is 0 Å². The Morgan fingerprint density at radius 2 is 1.88 bits per heavy atom. The lowest BCUT2D eigenvalue weighted by Gasteiger charge is -2.19. The van der Waals surface area contributed by atoms with Gasteiger partial charge in [-0.05, 0) is 43.2 Å². The van der Waals surface area contributed by atoms with Crippen molar-refractivity contribution >= 4 is 35.6 Å². The second-order valence-electron chi connectivity index (χ2n) is 7.63. The van der Waals surface area contributed by atoms with E-state index in [0.29, 0.717) is 13.1 Å². The van der Waals surface area contributed by atoms with Gasteiger partial charge in [-0.1, -0.05) is 30.3 Å². The van der Waals surface area contributed by atoms with Crippen LogP contribution in [0.2, 0.25) is 0 Å². The van der Waals surface area contributed by atoms with Crippen LogP contribution in [0.4, 0.5) is 5.69 Å². The van der Waals surface area contributed by atoms with Gasteiger partial charge in [-0.3, -0.25) is 0 Å². The van der Waals surface area contributed by atoms with Gasteiger partial charge in [0.25, 0.3) is 0 Å². The summed E-state index contributed by atoms with van der Waals surface area (Å²) in [5.74, 6) is 3.32. The molecule has 0 fully saturated rings. The van der Waals surface area contributed by atoms with Crippen molar-refractivity contribution in [3.05, 3.63) is 71.8 Å². The van der Waals surface area contributed by atoms with E-state index in [1.807, 2.05) is 48.9 Å². The minimum Gasteiger partial charge on any atom is -0.497 e. The van der Waals surface area contributed by atoms with Crippen molar-refractivity contribution in [2.75, 3.05) is 32.1 Å². The molecule has 0 aliphatic heterocycles. The van der Waals surface area contributed by atoms with Gasteiger partial charge in [0, 0.05) is 32.9 Å². The Hall–Kier alpha value is -2.82. The number of halogens is 1. The molecule has 178 valence electrons. The number of hydrogen-bond acceptors (Lipinski definition) is 5. The lowest BCUT2D eigenvalue weighted by atomic mass is 10.2. The molecule has 33 heavy (non-hydrogen) atoms. The van der Waals surface area contributed by atoms with Gasteiger partial charge in [0.2, 0.25) is 0 Å². The second kappa shape index (κ2) is 13.7. The summed E-state index contributed by atoms with van der Waals surface area (Å²) >= 11 is 0. The molecule has 0 radical (unpaired) electrons. The van der Waals surface area contributed by atoms with E-state index in [-0.39, 0.29) is 24.0 Å². The third-order valence-electron chi connectivity index (χ3n) is 5.31. The van der Waals surface area contributed by atoms with Gasteiger partial charge >= 0.3 is 0 Å². The van der Waals surface area contributed by atoms with Gasteiger partial charge in [0.1, 0.15) is 11.6 Å². The first kappa shape index (κ1) is 26.4. The Balaban J connectivity index is 0.00000385. The Labute approximate surface area is 213 Å². The quantitative estimate of drug-likeness (QED) is 0.170. The average molecular weight is 563 g/mol. The van der Waals surface area contributed by atoms with Gasteiger partial charge in [0.05, 0.1) is 20.2 Å². The molecule has 1 aromatic heterocycles. The molecule has 0 unspecified atom stereocenters. The summed E-state index contributed by atoms with van der Waals surface area (Å²) in [5, 5.41) is 15.2. The highest BCUT2D eigenvalue weighted by Crippen LogP contribution is 2.13. The largest absolute Gasteiger partial charge is 0.497 e. The second-order valence-corrected chi connectivity index (χ2v) is 7.63.